The third-order valence-corrected chi connectivity index (χ3v) is 5.28. The summed E-state index contributed by atoms with van der Waals surface area (Å²) < 4.78 is 0. The third kappa shape index (κ3) is 3.93. The van der Waals surface area contributed by atoms with Crippen molar-refractivity contribution in [1.29, 1.82) is 0 Å². The summed E-state index contributed by atoms with van der Waals surface area (Å²) in [5.41, 5.74) is 6.54. The van der Waals surface area contributed by atoms with Gasteiger partial charge in [0.2, 0.25) is 11.8 Å². The molecule has 1 aromatic carbocycles. The molecule has 1 aliphatic heterocycles. The van der Waals surface area contributed by atoms with Crippen molar-refractivity contribution in [3.63, 3.8) is 0 Å². The summed E-state index contributed by atoms with van der Waals surface area (Å²) in [6, 6.07) is 10.0. The summed E-state index contributed by atoms with van der Waals surface area (Å²) in [4.78, 5) is 28.5. The number of hydrogen-bond acceptors (Lipinski definition) is 5. The van der Waals surface area contributed by atoms with Gasteiger partial charge in [0.15, 0.2) is 5.79 Å². The van der Waals surface area contributed by atoms with Crippen LogP contribution in [0.2, 0.25) is 0 Å². The maximum absolute atomic E-state index is 12.9. The van der Waals surface area contributed by atoms with Crippen molar-refractivity contribution < 1.29 is 19.8 Å². The summed E-state index contributed by atoms with van der Waals surface area (Å²) >= 11 is 0. The van der Waals surface area contributed by atoms with Crippen LogP contribution in [0.15, 0.2) is 30.3 Å². The monoisotopic (exact) mass is 347 g/mol. The Balaban J connectivity index is 1.63. The lowest BCUT2D eigenvalue weighted by atomic mass is 9.75. The van der Waals surface area contributed by atoms with Gasteiger partial charge in [-0.3, -0.25) is 9.59 Å². The standard InChI is InChI=1S/C18H25N3O4/c19-16(22)15-12-18(24,25)7-6-14(15)17(23)21-10-8-20(9-11-21)13-4-2-1-3-5-13/h1-5,14-15,24-25H,6-12H2,(H2,19,22). The van der Waals surface area contributed by atoms with Gasteiger partial charge in [-0.1, -0.05) is 18.2 Å². The number of nitrogens with two attached hydrogens (primary N) is 1. The fourth-order valence-corrected chi connectivity index (χ4v) is 3.84. The van der Waals surface area contributed by atoms with Crippen LogP contribution in [0.5, 0.6) is 0 Å². The molecule has 2 fully saturated rings. The number of amides is 2. The van der Waals surface area contributed by atoms with E-state index >= 15 is 0 Å². The predicted octanol–water partition coefficient (Wildman–Crippen LogP) is -0.0823. The lowest BCUT2D eigenvalue weighted by molar-refractivity contribution is -0.201. The molecular formula is C18H25N3O4. The molecule has 25 heavy (non-hydrogen) atoms. The number of carbonyl (C=O) groups is 2. The zero-order valence-corrected chi connectivity index (χ0v) is 14.2. The molecule has 3 rings (SSSR count). The number of carbonyl (C=O) groups excluding carboxylic acids is 2. The van der Waals surface area contributed by atoms with E-state index in [4.69, 9.17) is 5.73 Å². The fourth-order valence-electron chi connectivity index (χ4n) is 3.84. The smallest absolute Gasteiger partial charge is 0.226 e. The highest BCUT2D eigenvalue weighted by molar-refractivity contribution is 5.87. The van der Waals surface area contributed by atoms with Gasteiger partial charge in [-0.05, 0) is 18.6 Å². The van der Waals surface area contributed by atoms with Crippen molar-refractivity contribution in [1.82, 2.24) is 4.90 Å². The van der Waals surface area contributed by atoms with E-state index in [-0.39, 0.29) is 25.2 Å². The van der Waals surface area contributed by atoms with Gasteiger partial charge in [-0.15, -0.1) is 0 Å². The second kappa shape index (κ2) is 7.01. The zero-order valence-electron chi connectivity index (χ0n) is 14.2. The Morgan fingerprint density at radius 2 is 1.68 bits per heavy atom. The van der Waals surface area contributed by atoms with Crippen molar-refractivity contribution in [2.75, 3.05) is 31.1 Å². The molecule has 1 aromatic rings. The number of hydrogen-bond donors (Lipinski definition) is 3. The molecule has 1 saturated heterocycles. The molecule has 0 aromatic heterocycles. The highest BCUT2D eigenvalue weighted by atomic mass is 16.5. The normalized spacial score (nSPS) is 26.3. The van der Waals surface area contributed by atoms with Crippen LogP contribution in [0.1, 0.15) is 19.3 Å². The highest BCUT2D eigenvalue weighted by Crippen LogP contribution is 2.36. The molecule has 0 radical (unpaired) electrons. The molecule has 136 valence electrons. The van der Waals surface area contributed by atoms with Crippen LogP contribution in [0.25, 0.3) is 0 Å². The minimum atomic E-state index is -1.91. The Hall–Kier alpha value is -2.12. The fraction of sp³-hybridized carbons (Fsp3) is 0.556. The van der Waals surface area contributed by atoms with Crippen LogP contribution in [-0.2, 0) is 9.59 Å². The van der Waals surface area contributed by atoms with Gasteiger partial charge in [0.1, 0.15) is 0 Å². The van der Waals surface area contributed by atoms with E-state index in [1.165, 1.54) is 0 Å². The minimum absolute atomic E-state index is 0.0805. The van der Waals surface area contributed by atoms with Gasteiger partial charge in [0.25, 0.3) is 0 Å². The number of aliphatic hydroxyl groups is 2. The lowest BCUT2D eigenvalue weighted by Crippen LogP contribution is -2.54. The van der Waals surface area contributed by atoms with Crippen LogP contribution >= 0.6 is 0 Å². The summed E-state index contributed by atoms with van der Waals surface area (Å²) in [6.07, 6.45) is 0.165. The molecule has 2 unspecified atom stereocenters. The van der Waals surface area contributed by atoms with E-state index < -0.39 is 23.5 Å². The van der Waals surface area contributed by atoms with Crippen molar-refractivity contribution in [2.24, 2.45) is 17.6 Å². The predicted molar refractivity (Wildman–Crippen MR) is 92.4 cm³/mol. The van der Waals surface area contributed by atoms with E-state index in [9.17, 15) is 19.8 Å². The largest absolute Gasteiger partial charge is 0.369 e. The third-order valence-electron chi connectivity index (χ3n) is 5.28. The van der Waals surface area contributed by atoms with Crippen LogP contribution in [-0.4, -0.2) is 58.9 Å². The first-order chi connectivity index (χ1) is 11.9. The number of anilines is 1. The van der Waals surface area contributed by atoms with Crippen molar-refractivity contribution in [2.45, 2.75) is 25.0 Å². The number of rotatable bonds is 3. The van der Waals surface area contributed by atoms with Gasteiger partial charge in [0.05, 0.1) is 11.8 Å². The van der Waals surface area contributed by atoms with Gasteiger partial charge in [0, 0.05) is 44.7 Å². The first-order valence-corrected chi connectivity index (χ1v) is 8.70. The quantitative estimate of drug-likeness (QED) is 0.663. The second-order valence-corrected chi connectivity index (χ2v) is 6.99. The molecular weight excluding hydrogens is 322 g/mol. The van der Waals surface area contributed by atoms with E-state index in [2.05, 4.69) is 4.90 Å². The Morgan fingerprint density at radius 1 is 1.04 bits per heavy atom. The van der Waals surface area contributed by atoms with Crippen molar-refractivity contribution in [3.05, 3.63) is 30.3 Å². The first-order valence-electron chi connectivity index (χ1n) is 8.70. The molecule has 1 heterocycles. The van der Waals surface area contributed by atoms with E-state index in [1.54, 1.807) is 4.90 Å². The van der Waals surface area contributed by atoms with E-state index in [0.717, 1.165) is 18.8 Å². The molecule has 1 aliphatic carbocycles. The number of benzene rings is 1. The summed E-state index contributed by atoms with van der Waals surface area (Å²) in [6.45, 7) is 2.62. The maximum atomic E-state index is 12.9. The Kier molecular flexibility index (Phi) is 4.96. The van der Waals surface area contributed by atoms with Crippen LogP contribution in [0.3, 0.4) is 0 Å². The van der Waals surface area contributed by atoms with E-state index in [1.807, 2.05) is 30.3 Å². The molecule has 0 bridgehead atoms. The minimum Gasteiger partial charge on any atom is -0.369 e. The Bertz CT molecular complexity index is 626. The molecule has 2 atom stereocenters. The van der Waals surface area contributed by atoms with Crippen LogP contribution in [0.4, 0.5) is 5.69 Å². The van der Waals surface area contributed by atoms with Gasteiger partial charge in [-0.2, -0.15) is 0 Å². The van der Waals surface area contributed by atoms with Crippen LogP contribution in [0, 0.1) is 11.8 Å². The molecule has 2 amide bonds. The van der Waals surface area contributed by atoms with Crippen molar-refractivity contribution in [3.8, 4) is 0 Å². The average Bonchev–Trinajstić information content (AvgIpc) is 2.61. The first kappa shape index (κ1) is 17.7. The highest BCUT2D eigenvalue weighted by Gasteiger charge is 2.45. The SMILES string of the molecule is NC(=O)C1CC(O)(O)CCC1C(=O)N1CCN(c2ccccc2)CC1. The average molecular weight is 347 g/mol. The maximum Gasteiger partial charge on any atom is 0.226 e. The summed E-state index contributed by atoms with van der Waals surface area (Å²) in [7, 11) is 0. The number of piperazine rings is 1. The number of primary amides is 1. The van der Waals surface area contributed by atoms with Gasteiger partial charge in [-0.25, -0.2) is 0 Å². The molecule has 1 saturated carbocycles. The topological polar surface area (TPSA) is 107 Å². The Morgan fingerprint density at radius 3 is 2.28 bits per heavy atom. The molecule has 2 aliphatic rings. The molecule has 7 heteroatoms. The molecule has 7 nitrogen and oxygen atoms in total. The number of nitrogens with zero attached hydrogens (tertiary/aromatic N) is 2. The van der Waals surface area contributed by atoms with Crippen molar-refractivity contribution >= 4 is 17.5 Å². The number of para-hydroxylation sites is 1. The van der Waals surface area contributed by atoms with E-state index in [0.29, 0.717) is 13.1 Å². The Labute approximate surface area is 147 Å². The van der Waals surface area contributed by atoms with Crippen LogP contribution < -0.4 is 10.6 Å². The molecule has 4 N–H and O–H groups in total. The van der Waals surface area contributed by atoms with Gasteiger partial charge < -0.3 is 25.7 Å². The molecule has 0 spiro atoms. The zero-order chi connectivity index (χ0) is 18.0. The lowest BCUT2D eigenvalue weighted by Gasteiger charge is -2.41. The summed E-state index contributed by atoms with van der Waals surface area (Å²) in [5.74, 6) is -4.06. The second-order valence-electron chi connectivity index (χ2n) is 6.99. The van der Waals surface area contributed by atoms with Gasteiger partial charge >= 0.3 is 0 Å². The summed E-state index contributed by atoms with van der Waals surface area (Å²) in [5, 5.41) is 19.6.